The summed E-state index contributed by atoms with van der Waals surface area (Å²) < 4.78 is 0. The lowest BCUT2D eigenvalue weighted by Crippen LogP contribution is -2.56. The van der Waals surface area contributed by atoms with Crippen molar-refractivity contribution in [1.82, 2.24) is 15.1 Å². The molecule has 0 aromatic heterocycles. The van der Waals surface area contributed by atoms with Gasteiger partial charge in [-0.25, -0.2) is 4.79 Å². The molecular weight excluding hydrogens is 442 g/mol. The number of hydrogen-bond donors (Lipinski definition) is 5. The van der Waals surface area contributed by atoms with E-state index in [9.17, 15) is 24.3 Å². The van der Waals surface area contributed by atoms with Gasteiger partial charge in [-0.2, -0.15) is 0 Å². The van der Waals surface area contributed by atoms with Crippen LogP contribution in [0.15, 0.2) is 4.99 Å². The minimum absolute atomic E-state index is 0.0202. The Hall–Kier alpha value is -2.89. The molecule has 2 heterocycles. The Kier molecular flexibility index (Phi) is 10.1. The highest BCUT2D eigenvalue weighted by molar-refractivity contribution is 5.94. The first-order chi connectivity index (χ1) is 16.1. The summed E-state index contributed by atoms with van der Waals surface area (Å²) in [6.07, 6.45) is 3.77. The molecule has 34 heavy (non-hydrogen) atoms. The fourth-order valence-electron chi connectivity index (χ4n) is 4.57. The number of rotatable bonds is 11. The van der Waals surface area contributed by atoms with E-state index in [1.165, 1.54) is 9.80 Å². The average Bonchev–Trinajstić information content (AvgIpc) is 3.48. The zero-order valence-corrected chi connectivity index (χ0v) is 20.1. The second-order valence-corrected chi connectivity index (χ2v) is 9.14. The van der Waals surface area contributed by atoms with Crippen LogP contribution in [0.1, 0.15) is 58.8 Å². The number of carbonyl (C=O) groups excluding carboxylic acids is 3. The second-order valence-electron chi connectivity index (χ2n) is 9.14. The molecule has 5 unspecified atom stereocenters. The van der Waals surface area contributed by atoms with E-state index in [1.54, 1.807) is 6.92 Å². The third kappa shape index (κ3) is 6.81. The normalized spacial score (nSPS) is 22.7. The molecule has 0 spiro atoms. The zero-order chi connectivity index (χ0) is 25.4. The van der Waals surface area contributed by atoms with Crippen molar-refractivity contribution in [2.24, 2.45) is 28.1 Å². The fourth-order valence-corrected chi connectivity index (χ4v) is 4.57. The van der Waals surface area contributed by atoms with Gasteiger partial charge in [-0.3, -0.25) is 19.4 Å². The van der Waals surface area contributed by atoms with Crippen molar-refractivity contribution in [2.45, 2.75) is 83.0 Å². The largest absolute Gasteiger partial charge is 0.480 e. The summed E-state index contributed by atoms with van der Waals surface area (Å²) >= 11 is 0. The molecule has 5 atom stereocenters. The van der Waals surface area contributed by atoms with Crippen molar-refractivity contribution in [2.75, 3.05) is 19.6 Å². The number of aliphatic carboxylic acids is 1. The molecule has 192 valence electrons. The highest BCUT2D eigenvalue weighted by atomic mass is 16.4. The van der Waals surface area contributed by atoms with Gasteiger partial charge >= 0.3 is 5.97 Å². The number of nitrogens with zero attached hydrogens (tertiary/aromatic N) is 3. The predicted octanol–water partition coefficient (Wildman–Crippen LogP) is -1.04. The molecule has 12 nitrogen and oxygen atoms in total. The number of nitrogens with one attached hydrogen (secondary N) is 1. The molecule has 2 fully saturated rings. The number of carbonyl (C=O) groups is 4. The first-order valence-corrected chi connectivity index (χ1v) is 12.0. The van der Waals surface area contributed by atoms with Crippen molar-refractivity contribution in [3.63, 3.8) is 0 Å². The van der Waals surface area contributed by atoms with Crippen LogP contribution in [0.25, 0.3) is 0 Å². The van der Waals surface area contributed by atoms with E-state index < -0.39 is 36.0 Å². The molecule has 2 saturated heterocycles. The minimum Gasteiger partial charge on any atom is -0.480 e. The number of likely N-dealkylation sites (tertiary alicyclic amines) is 2. The van der Waals surface area contributed by atoms with Crippen molar-refractivity contribution in [1.29, 1.82) is 0 Å². The van der Waals surface area contributed by atoms with Crippen LogP contribution in [0.4, 0.5) is 0 Å². The number of aliphatic imine (C=N–C) groups is 1. The van der Waals surface area contributed by atoms with Gasteiger partial charge in [0.05, 0.1) is 6.04 Å². The smallest absolute Gasteiger partial charge is 0.326 e. The van der Waals surface area contributed by atoms with Crippen molar-refractivity contribution < 1.29 is 24.3 Å². The number of carboxylic acid groups (broad SMARTS) is 1. The average molecular weight is 482 g/mol. The van der Waals surface area contributed by atoms with Crippen LogP contribution in [0.5, 0.6) is 0 Å². The number of amides is 3. The van der Waals surface area contributed by atoms with E-state index in [1.807, 2.05) is 6.92 Å². The number of carboxylic acids is 1. The summed E-state index contributed by atoms with van der Waals surface area (Å²) in [4.78, 5) is 57.8. The molecule has 0 aromatic carbocycles. The molecule has 3 amide bonds. The summed E-state index contributed by atoms with van der Waals surface area (Å²) in [5.41, 5.74) is 16.7. The van der Waals surface area contributed by atoms with E-state index in [0.29, 0.717) is 64.6 Å². The van der Waals surface area contributed by atoms with E-state index in [0.717, 1.165) is 0 Å². The van der Waals surface area contributed by atoms with Crippen LogP contribution in [-0.2, 0) is 19.2 Å². The van der Waals surface area contributed by atoms with Crippen LogP contribution in [-0.4, -0.2) is 88.4 Å². The maximum absolute atomic E-state index is 13.4. The lowest BCUT2D eigenvalue weighted by atomic mass is 9.98. The Morgan fingerprint density at radius 3 is 2.29 bits per heavy atom. The molecule has 8 N–H and O–H groups in total. The second kappa shape index (κ2) is 12.5. The van der Waals surface area contributed by atoms with Gasteiger partial charge in [-0.05, 0) is 44.4 Å². The number of guanidine groups is 1. The lowest BCUT2D eigenvalue weighted by Gasteiger charge is -2.32. The van der Waals surface area contributed by atoms with Gasteiger partial charge in [-0.15, -0.1) is 0 Å². The van der Waals surface area contributed by atoms with E-state index >= 15 is 0 Å². The Labute approximate surface area is 200 Å². The molecule has 0 aliphatic carbocycles. The molecule has 0 radical (unpaired) electrons. The van der Waals surface area contributed by atoms with Gasteiger partial charge in [-0.1, -0.05) is 20.3 Å². The molecule has 0 aromatic rings. The van der Waals surface area contributed by atoms with Crippen LogP contribution >= 0.6 is 0 Å². The standard InChI is InChI=1S/C22H39N7O5/c1-3-13(2)17(21(33)34)27-18(30)15-8-5-11-28(15)20(32)16-9-6-12-29(16)19(31)14(23)7-4-10-26-22(24)25/h13-17H,3-12,23H2,1-2H3,(H,27,30)(H,33,34)(H4,24,25,26). The number of nitrogens with two attached hydrogens (primary N) is 3. The Bertz CT molecular complexity index is 786. The SMILES string of the molecule is CCC(C)C(NC(=O)C1CCCN1C(=O)C1CCCN1C(=O)C(N)CCCN=C(N)N)C(=O)O. The van der Waals surface area contributed by atoms with E-state index in [4.69, 9.17) is 17.2 Å². The highest BCUT2D eigenvalue weighted by Crippen LogP contribution is 2.26. The van der Waals surface area contributed by atoms with Crippen LogP contribution in [0, 0.1) is 5.92 Å². The summed E-state index contributed by atoms with van der Waals surface area (Å²) in [6, 6.07) is -3.21. The van der Waals surface area contributed by atoms with Gasteiger partial charge in [0.1, 0.15) is 18.1 Å². The third-order valence-corrected chi connectivity index (χ3v) is 6.72. The van der Waals surface area contributed by atoms with Crippen LogP contribution in [0.2, 0.25) is 0 Å². The van der Waals surface area contributed by atoms with E-state index in [2.05, 4.69) is 10.3 Å². The summed E-state index contributed by atoms with van der Waals surface area (Å²) in [5, 5.41) is 12.1. The molecule has 12 heteroatoms. The maximum Gasteiger partial charge on any atom is 0.326 e. The third-order valence-electron chi connectivity index (χ3n) is 6.72. The number of hydrogen-bond acceptors (Lipinski definition) is 6. The van der Waals surface area contributed by atoms with Crippen molar-refractivity contribution >= 4 is 29.7 Å². The predicted molar refractivity (Wildman–Crippen MR) is 126 cm³/mol. The maximum atomic E-state index is 13.4. The van der Waals surface area contributed by atoms with Crippen LogP contribution < -0.4 is 22.5 Å². The Balaban J connectivity index is 2.03. The fraction of sp³-hybridized carbons (Fsp3) is 0.773. The lowest BCUT2D eigenvalue weighted by molar-refractivity contribution is -0.148. The zero-order valence-electron chi connectivity index (χ0n) is 20.1. The van der Waals surface area contributed by atoms with Crippen molar-refractivity contribution in [3.05, 3.63) is 0 Å². The summed E-state index contributed by atoms with van der Waals surface area (Å²) in [7, 11) is 0. The molecule has 0 bridgehead atoms. The quantitative estimate of drug-likeness (QED) is 0.140. The van der Waals surface area contributed by atoms with Gasteiger partial charge in [0, 0.05) is 19.6 Å². The topological polar surface area (TPSA) is 197 Å². The highest BCUT2D eigenvalue weighted by Gasteiger charge is 2.43. The van der Waals surface area contributed by atoms with Gasteiger partial charge in [0.25, 0.3) is 0 Å². The Morgan fingerprint density at radius 2 is 1.71 bits per heavy atom. The summed E-state index contributed by atoms with van der Waals surface area (Å²) in [6.45, 7) is 4.80. The molecule has 2 rings (SSSR count). The monoisotopic (exact) mass is 481 g/mol. The first-order valence-electron chi connectivity index (χ1n) is 12.0. The van der Waals surface area contributed by atoms with Gasteiger partial charge in [0.15, 0.2) is 5.96 Å². The Morgan fingerprint density at radius 1 is 1.09 bits per heavy atom. The van der Waals surface area contributed by atoms with E-state index in [-0.39, 0.29) is 23.7 Å². The van der Waals surface area contributed by atoms with Gasteiger partial charge < -0.3 is 37.4 Å². The minimum atomic E-state index is -1.10. The molecule has 2 aliphatic rings. The molecular formula is C22H39N7O5. The van der Waals surface area contributed by atoms with Crippen molar-refractivity contribution in [3.8, 4) is 0 Å². The van der Waals surface area contributed by atoms with Crippen LogP contribution in [0.3, 0.4) is 0 Å². The molecule has 0 saturated carbocycles. The molecule has 2 aliphatic heterocycles. The first kappa shape index (κ1) is 27.4. The van der Waals surface area contributed by atoms with Gasteiger partial charge in [0.2, 0.25) is 17.7 Å². The summed E-state index contributed by atoms with van der Waals surface area (Å²) in [5.74, 6) is -2.42.